The van der Waals surface area contributed by atoms with Crippen molar-refractivity contribution < 1.29 is 0 Å². The molecule has 0 fully saturated rings. The van der Waals surface area contributed by atoms with Gasteiger partial charge in [-0.25, -0.2) is 0 Å². The van der Waals surface area contributed by atoms with Crippen LogP contribution in [-0.2, 0) is 13.1 Å². The van der Waals surface area contributed by atoms with Crippen LogP contribution in [0.5, 0.6) is 0 Å². The lowest BCUT2D eigenvalue weighted by atomic mass is 10.1. The van der Waals surface area contributed by atoms with Crippen LogP contribution in [0.25, 0.3) is 10.9 Å². The predicted molar refractivity (Wildman–Crippen MR) is 77.9 cm³/mol. The van der Waals surface area contributed by atoms with E-state index >= 15 is 0 Å². The van der Waals surface area contributed by atoms with Crippen LogP contribution in [0.2, 0.25) is 0 Å². The summed E-state index contributed by atoms with van der Waals surface area (Å²) in [4.78, 5) is 4.25. The average molecular weight is 251 g/mol. The molecule has 3 heteroatoms. The third-order valence-electron chi connectivity index (χ3n) is 3.36. The number of hydrogen-bond acceptors (Lipinski definition) is 2. The van der Waals surface area contributed by atoms with Crippen molar-refractivity contribution in [3.63, 3.8) is 0 Å². The second-order valence-electron chi connectivity index (χ2n) is 4.91. The van der Waals surface area contributed by atoms with Crippen molar-refractivity contribution in [2.45, 2.75) is 20.0 Å². The van der Waals surface area contributed by atoms with Crippen molar-refractivity contribution in [3.8, 4) is 0 Å². The van der Waals surface area contributed by atoms with Gasteiger partial charge in [-0.05, 0) is 41.1 Å². The van der Waals surface area contributed by atoms with E-state index in [1.165, 1.54) is 22.0 Å². The molecule has 0 atom stereocenters. The minimum Gasteiger partial charge on any atom is -0.343 e. The van der Waals surface area contributed by atoms with Gasteiger partial charge in [0.1, 0.15) is 0 Å². The number of fused-ring (bicyclic) bond motifs is 1. The Bertz CT molecular complexity index is 713. The van der Waals surface area contributed by atoms with Gasteiger partial charge in [0.05, 0.1) is 0 Å². The summed E-state index contributed by atoms with van der Waals surface area (Å²) in [6.07, 6.45) is 5.92. The monoisotopic (exact) mass is 251 g/mol. The smallest absolute Gasteiger partial charge is 0.0491 e. The second kappa shape index (κ2) is 4.86. The van der Waals surface area contributed by atoms with Crippen molar-refractivity contribution in [1.29, 1.82) is 0 Å². The minimum absolute atomic E-state index is 0.577. The number of hydrogen-bond donors (Lipinski definition) is 1. The van der Waals surface area contributed by atoms with Crippen LogP contribution < -0.4 is 5.73 Å². The molecule has 3 nitrogen and oxygen atoms in total. The van der Waals surface area contributed by atoms with Gasteiger partial charge in [0.15, 0.2) is 0 Å². The maximum atomic E-state index is 5.71. The van der Waals surface area contributed by atoms with Crippen molar-refractivity contribution in [2.75, 3.05) is 0 Å². The summed E-state index contributed by atoms with van der Waals surface area (Å²) in [6.45, 7) is 3.48. The molecular weight excluding hydrogens is 234 g/mol. The summed E-state index contributed by atoms with van der Waals surface area (Å²) in [5, 5.41) is 1.25. The quantitative estimate of drug-likeness (QED) is 0.778. The summed E-state index contributed by atoms with van der Waals surface area (Å²) in [5.74, 6) is 0. The van der Waals surface area contributed by atoms with Gasteiger partial charge in [-0.3, -0.25) is 4.98 Å². The molecule has 0 spiro atoms. The number of aromatic nitrogens is 2. The van der Waals surface area contributed by atoms with Crippen LogP contribution in [-0.4, -0.2) is 9.55 Å². The first-order valence-electron chi connectivity index (χ1n) is 6.44. The molecule has 2 N–H and O–H groups in total. The number of benzene rings is 1. The van der Waals surface area contributed by atoms with Gasteiger partial charge in [-0.2, -0.15) is 0 Å². The molecule has 0 aliphatic rings. The lowest BCUT2D eigenvalue weighted by Gasteiger charge is -2.07. The molecule has 0 saturated heterocycles. The van der Waals surface area contributed by atoms with E-state index < -0.39 is 0 Å². The van der Waals surface area contributed by atoms with Gasteiger partial charge < -0.3 is 10.3 Å². The highest BCUT2D eigenvalue weighted by Crippen LogP contribution is 2.19. The summed E-state index contributed by atoms with van der Waals surface area (Å²) < 4.78 is 2.24. The van der Waals surface area contributed by atoms with Gasteiger partial charge in [0.25, 0.3) is 0 Å². The van der Waals surface area contributed by atoms with Crippen LogP contribution in [0.1, 0.15) is 16.7 Å². The topological polar surface area (TPSA) is 43.8 Å². The van der Waals surface area contributed by atoms with Crippen LogP contribution in [0.3, 0.4) is 0 Å². The Hall–Kier alpha value is -2.13. The molecule has 96 valence electrons. The number of pyridine rings is 1. The fourth-order valence-electron chi connectivity index (χ4n) is 2.40. The molecule has 0 aliphatic carbocycles. The first-order valence-corrected chi connectivity index (χ1v) is 6.44. The molecule has 2 aromatic heterocycles. The van der Waals surface area contributed by atoms with Gasteiger partial charge >= 0.3 is 0 Å². The van der Waals surface area contributed by atoms with E-state index in [0.29, 0.717) is 6.54 Å². The molecule has 19 heavy (non-hydrogen) atoms. The molecule has 0 radical (unpaired) electrons. The van der Waals surface area contributed by atoms with Gasteiger partial charge in [-0.1, -0.05) is 18.2 Å². The minimum atomic E-state index is 0.577. The molecule has 3 rings (SSSR count). The number of nitrogens with zero attached hydrogens (tertiary/aromatic N) is 2. The number of nitrogens with two attached hydrogens (primary N) is 1. The SMILES string of the molecule is Cc1cncc(Cn2ccc3ccc(CN)cc32)c1. The van der Waals surface area contributed by atoms with E-state index in [1.54, 1.807) is 0 Å². The van der Waals surface area contributed by atoms with E-state index in [1.807, 2.05) is 12.4 Å². The first kappa shape index (κ1) is 11.9. The van der Waals surface area contributed by atoms with E-state index in [2.05, 4.69) is 53.0 Å². The molecule has 0 unspecified atom stereocenters. The highest BCUT2D eigenvalue weighted by atomic mass is 15.0. The van der Waals surface area contributed by atoms with Crippen molar-refractivity contribution in [3.05, 3.63) is 65.6 Å². The van der Waals surface area contributed by atoms with E-state index in [0.717, 1.165) is 12.1 Å². The van der Waals surface area contributed by atoms with Crippen LogP contribution in [0.15, 0.2) is 48.9 Å². The molecule has 0 saturated carbocycles. The molecule has 2 heterocycles. The van der Waals surface area contributed by atoms with Gasteiger partial charge in [-0.15, -0.1) is 0 Å². The Balaban J connectivity index is 2.00. The Morgan fingerprint density at radius 1 is 1.11 bits per heavy atom. The largest absolute Gasteiger partial charge is 0.343 e. The van der Waals surface area contributed by atoms with Crippen molar-refractivity contribution in [2.24, 2.45) is 5.73 Å². The molecule has 0 bridgehead atoms. The maximum absolute atomic E-state index is 5.71. The summed E-state index contributed by atoms with van der Waals surface area (Å²) in [7, 11) is 0. The van der Waals surface area contributed by atoms with Crippen LogP contribution >= 0.6 is 0 Å². The van der Waals surface area contributed by atoms with E-state index in [9.17, 15) is 0 Å². The average Bonchev–Trinajstić information content (AvgIpc) is 2.81. The lowest BCUT2D eigenvalue weighted by molar-refractivity contribution is 0.829. The molecule has 1 aromatic carbocycles. The molecule has 3 aromatic rings. The van der Waals surface area contributed by atoms with Crippen molar-refractivity contribution >= 4 is 10.9 Å². The molecule has 0 amide bonds. The molecular formula is C16H17N3. The fourth-order valence-corrected chi connectivity index (χ4v) is 2.40. The van der Waals surface area contributed by atoms with Crippen LogP contribution in [0, 0.1) is 6.92 Å². The predicted octanol–water partition coefficient (Wildman–Crippen LogP) is 2.85. The second-order valence-corrected chi connectivity index (χ2v) is 4.91. The summed E-state index contributed by atoms with van der Waals surface area (Å²) in [6, 6.07) is 10.7. The molecule has 0 aliphatic heterocycles. The summed E-state index contributed by atoms with van der Waals surface area (Å²) in [5.41, 5.74) is 10.5. The Labute approximate surface area is 112 Å². The summed E-state index contributed by atoms with van der Waals surface area (Å²) >= 11 is 0. The Kier molecular flexibility index (Phi) is 3.05. The zero-order chi connectivity index (χ0) is 13.2. The number of aryl methyl sites for hydroxylation is 1. The third kappa shape index (κ3) is 2.37. The van der Waals surface area contributed by atoms with Crippen molar-refractivity contribution in [1.82, 2.24) is 9.55 Å². The van der Waals surface area contributed by atoms with Gasteiger partial charge in [0.2, 0.25) is 0 Å². The zero-order valence-corrected chi connectivity index (χ0v) is 11.0. The Morgan fingerprint density at radius 3 is 2.79 bits per heavy atom. The first-order chi connectivity index (χ1) is 9.26. The van der Waals surface area contributed by atoms with Crippen LogP contribution in [0.4, 0.5) is 0 Å². The fraction of sp³-hybridized carbons (Fsp3) is 0.188. The normalized spacial score (nSPS) is 11.1. The van der Waals surface area contributed by atoms with Gasteiger partial charge in [0, 0.05) is 37.2 Å². The third-order valence-corrected chi connectivity index (χ3v) is 3.36. The maximum Gasteiger partial charge on any atom is 0.0491 e. The zero-order valence-electron chi connectivity index (χ0n) is 11.0. The van der Waals surface area contributed by atoms with E-state index in [4.69, 9.17) is 5.73 Å². The highest BCUT2D eigenvalue weighted by molar-refractivity contribution is 5.80. The lowest BCUT2D eigenvalue weighted by Crippen LogP contribution is -2.00. The highest BCUT2D eigenvalue weighted by Gasteiger charge is 2.03. The van der Waals surface area contributed by atoms with E-state index in [-0.39, 0.29) is 0 Å². The number of rotatable bonds is 3. The standard InChI is InChI=1S/C16H17N3/c1-12-6-14(10-18-9-12)11-19-5-4-15-3-2-13(8-17)7-16(15)19/h2-7,9-10H,8,11,17H2,1H3. The Morgan fingerprint density at radius 2 is 2.00 bits per heavy atom.